The minimum Gasteiger partial charge on any atom is -0.481 e. The maximum absolute atomic E-state index is 13.6. The number of carbonyl (C=O) groups is 2. The zero-order valence-corrected chi connectivity index (χ0v) is 41.6. The maximum Gasteiger partial charge on any atom is 0.307 e. The predicted molar refractivity (Wildman–Crippen MR) is 269 cm³/mol. The van der Waals surface area contributed by atoms with E-state index in [1.165, 1.54) is 141 Å². The quantitative estimate of drug-likeness (QED) is 0.247. The second kappa shape index (κ2) is 21.9. The van der Waals surface area contributed by atoms with E-state index in [-0.39, 0.29) is 37.5 Å². The van der Waals surface area contributed by atoms with Crippen LogP contribution in [0.1, 0.15) is 242 Å². The Labute approximate surface area is 400 Å². The molecular weight excluding hydrogens is 803 g/mol. The fraction of sp³-hybridized carbons (Fsp3) is 0.966. The monoisotopic (exact) mass is 908 g/mol. The van der Waals surface area contributed by atoms with Gasteiger partial charge in [0.2, 0.25) is 5.91 Å². The van der Waals surface area contributed by atoms with Gasteiger partial charge in [-0.25, -0.2) is 0 Å². The molecular formula is C59H105NO5. The Morgan fingerprint density at radius 3 is 1.40 bits per heavy atom. The van der Waals surface area contributed by atoms with Gasteiger partial charge in [0.25, 0.3) is 0 Å². The van der Waals surface area contributed by atoms with Gasteiger partial charge in [0, 0.05) is 19.5 Å². The molecule has 10 aliphatic carbocycles. The van der Waals surface area contributed by atoms with Crippen LogP contribution < -0.4 is 0 Å². The topological polar surface area (TPSA) is 98.1 Å². The molecule has 16 atom stereocenters. The van der Waals surface area contributed by atoms with Crippen molar-refractivity contribution in [2.24, 2.45) is 93.7 Å². The number of rotatable bonds is 6. The number of hydrogen-bond acceptors (Lipinski definition) is 4. The van der Waals surface area contributed by atoms with E-state index < -0.39 is 17.2 Å². The van der Waals surface area contributed by atoms with Crippen molar-refractivity contribution < 1.29 is 24.9 Å². The summed E-state index contributed by atoms with van der Waals surface area (Å²) >= 11 is 0. The van der Waals surface area contributed by atoms with Gasteiger partial charge in [-0.3, -0.25) is 9.59 Å². The number of fused-ring (bicyclic) bond motifs is 10. The maximum atomic E-state index is 13.6. The standard InChI is InChI=1S/C28H47NO2.C20H32O3.C9H18.2CH4/c1-27(31)15-13-21-20(17-27)9-10-23-22(21)14-16-28(2)24(23)11-12-25(28)26(30)29(3)18-19-7-5-4-6-8-19;1-19(23)9-7-13-12(11-19)3-4-15-14(13)8-10-20(2)16(15)5-6-17(20)18(21)22;1-2-6-9-7-4-3-5-8-9;;/h19-25,31H,4-18H2,1-3H3;12-17,23H,3-11H2,1-2H3,(H,21,22);9H,2-8H2,1H3;2*1H4/t20-,21+,22-,23-,24+,25-,27-,28+;12-,13+,14-,15-,16+,17-,19-,20+;;;/m11.../s1. The molecule has 10 aliphatic rings. The first-order valence-electron chi connectivity index (χ1n) is 28.0. The summed E-state index contributed by atoms with van der Waals surface area (Å²) in [5.41, 5.74) is -0.601. The lowest BCUT2D eigenvalue weighted by Gasteiger charge is -2.57. The van der Waals surface area contributed by atoms with E-state index in [9.17, 15) is 24.9 Å². The lowest BCUT2D eigenvalue weighted by Crippen LogP contribution is -2.52. The summed E-state index contributed by atoms with van der Waals surface area (Å²) in [6.45, 7) is 12.1. The van der Waals surface area contributed by atoms with Gasteiger partial charge in [-0.2, -0.15) is 0 Å². The fourth-order valence-electron chi connectivity index (χ4n) is 19.0. The molecule has 10 fully saturated rings. The molecule has 0 aromatic heterocycles. The molecule has 0 heterocycles. The van der Waals surface area contributed by atoms with Crippen molar-refractivity contribution in [2.45, 2.75) is 253 Å². The molecule has 376 valence electrons. The molecule has 65 heavy (non-hydrogen) atoms. The Hall–Kier alpha value is -1.14. The number of carboxylic acids is 1. The SMILES string of the molecule is C.C.CCCC1CCCCC1.CN(CC1CCCCC1)C(=O)[C@H]1CC[C@H]2[C@@H]3CC[C@@H]4C[C@](C)(O)CC[C@@H]4[C@H]3CC[C@]12C.C[C@@]1(O)CC[C@H]2[C@H](CC[C@@H]3[C@@H]2CC[C@]2(C)[C@@H](C(=O)O)CC[C@@H]32)C1. The molecule has 0 aromatic rings. The molecule has 3 N–H and O–H groups in total. The highest BCUT2D eigenvalue weighted by Crippen LogP contribution is 2.66. The van der Waals surface area contributed by atoms with Crippen LogP contribution in [0.5, 0.6) is 0 Å². The van der Waals surface area contributed by atoms with Gasteiger partial charge >= 0.3 is 5.97 Å². The van der Waals surface area contributed by atoms with E-state index in [0.717, 1.165) is 117 Å². The van der Waals surface area contributed by atoms with Gasteiger partial charge in [0.15, 0.2) is 0 Å². The first-order valence-corrected chi connectivity index (χ1v) is 28.0. The number of carbonyl (C=O) groups excluding carboxylic acids is 1. The molecule has 0 unspecified atom stereocenters. The Bertz CT molecular complexity index is 1530. The largest absolute Gasteiger partial charge is 0.481 e. The van der Waals surface area contributed by atoms with Gasteiger partial charge in [0.05, 0.1) is 17.1 Å². The smallest absolute Gasteiger partial charge is 0.307 e. The van der Waals surface area contributed by atoms with Crippen LogP contribution in [0.3, 0.4) is 0 Å². The number of hydrogen-bond donors (Lipinski definition) is 3. The van der Waals surface area contributed by atoms with Crippen LogP contribution in [0, 0.1) is 93.7 Å². The lowest BCUT2D eigenvalue weighted by atomic mass is 9.49. The summed E-state index contributed by atoms with van der Waals surface area (Å²) < 4.78 is 0. The predicted octanol–water partition coefficient (Wildman–Crippen LogP) is 14.8. The highest BCUT2D eigenvalue weighted by Gasteiger charge is 2.61. The lowest BCUT2D eigenvalue weighted by molar-refractivity contribution is -0.150. The number of amides is 1. The zero-order chi connectivity index (χ0) is 44.7. The summed E-state index contributed by atoms with van der Waals surface area (Å²) in [6.07, 6.45) is 38.1. The molecule has 0 aromatic carbocycles. The fourth-order valence-corrected chi connectivity index (χ4v) is 19.0. The highest BCUT2D eigenvalue weighted by molar-refractivity contribution is 5.80. The molecule has 10 rings (SSSR count). The number of nitrogens with zero attached hydrogens (tertiary/aromatic N) is 1. The normalized spacial score (nSPS) is 45.6. The molecule has 0 aliphatic heterocycles. The summed E-state index contributed by atoms with van der Waals surface area (Å²) in [4.78, 5) is 27.5. The van der Waals surface area contributed by atoms with E-state index in [1.807, 2.05) is 6.92 Å². The first kappa shape index (κ1) is 53.2. The van der Waals surface area contributed by atoms with Crippen LogP contribution in [0.25, 0.3) is 0 Å². The number of aliphatic hydroxyl groups is 2. The van der Waals surface area contributed by atoms with Gasteiger partial charge in [0.1, 0.15) is 0 Å². The minimum atomic E-state index is -0.559. The van der Waals surface area contributed by atoms with E-state index in [1.54, 1.807) is 0 Å². The van der Waals surface area contributed by atoms with Crippen LogP contribution in [-0.4, -0.2) is 56.9 Å². The minimum absolute atomic E-state index is 0. The molecule has 6 heteroatoms. The second-order valence-corrected chi connectivity index (χ2v) is 26.1. The first-order chi connectivity index (χ1) is 30.0. The molecule has 1 amide bonds. The van der Waals surface area contributed by atoms with Gasteiger partial charge in [-0.1, -0.05) is 99.8 Å². The second-order valence-electron chi connectivity index (χ2n) is 26.1. The van der Waals surface area contributed by atoms with Crippen LogP contribution in [0.4, 0.5) is 0 Å². The van der Waals surface area contributed by atoms with Crippen molar-refractivity contribution in [3.05, 3.63) is 0 Å². The number of aliphatic carboxylic acids is 1. The summed E-state index contributed by atoms with van der Waals surface area (Å²) in [5, 5.41) is 30.7. The Balaban J connectivity index is 0.000000181. The van der Waals surface area contributed by atoms with Crippen molar-refractivity contribution >= 4 is 11.9 Å². The molecule has 10 saturated carbocycles. The summed E-state index contributed by atoms with van der Waals surface area (Å²) in [6, 6.07) is 0. The molecule has 0 saturated heterocycles. The average molecular weight is 908 g/mol. The zero-order valence-electron chi connectivity index (χ0n) is 41.6. The van der Waals surface area contributed by atoms with Crippen LogP contribution in [-0.2, 0) is 9.59 Å². The van der Waals surface area contributed by atoms with E-state index >= 15 is 0 Å². The highest BCUT2D eigenvalue weighted by atomic mass is 16.4. The number of carboxylic acid groups (broad SMARTS) is 1. The summed E-state index contributed by atoms with van der Waals surface area (Å²) in [5.74, 6) is 9.63. The Morgan fingerprint density at radius 1 is 0.508 bits per heavy atom. The van der Waals surface area contributed by atoms with Crippen molar-refractivity contribution in [1.29, 1.82) is 0 Å². The van der Waals surface area contributed by atoms with E-state index in [0.29, 0.717) is 17.7 Å². The third kappa shape index (κ3) is 11.3. The molecule has 6 nitrogen and oxygen atoms in total. The third-order valence-electron chi connectivity index (χ3n) is 22.1. The molecule has 0 bridgehead atoms. The van der Waals surface area contributed by atoms with Crippen molar-refractivity contribution in [3.63, 3.8) is 0 Å². The van der Waals surface area contributed by atoms with Crippen LogP contribution in [0.2, 0.25) is 0 Å². The van der Waals surface area contributed by atoms with Crippen molar-refractivity contribution in [1.82, 2.24) is 4.90 Å². The van der Waals surface area contributed by atoms with Crippen LogP contribution >= 0.6 is 0 Å². The molecule has 0 spiro atoms. The molecule has 0 radical (unpaired) electrons. The average Bonchev–Trinajstić information content (AvgIpc) is 3.80. The van der Waals surface area contributed by atoms with Gasteiger partial charge in [-0.05, 0) is 224 Å². The van der Waals surface area contributed by atoms with Crippen LogP contribution in [0.15, 0.2) is 0 Å². The van der Waals surface area contributed by atoms with Crippen molar-refractivity contribution in [2.75, 3.05) is 13.6 Å². The van der Waals surface area contributed by atoms with Gasteiger partial charge < -0.3 is 20.2 Å². The summed E-state index contributed by atoms with van der Waals surface area (Å²) in [7, 11) is 2.10. The Kier molecular flexibility index (Phi) is 17.9. The Morgan fingerprint density at radius 2 is 0.938 bits per heavy atom. The van der Waals surface area contributed by atoms with E-state index in [2.05, 4.69) is 39.6 Å². The van der Waals surface area contributed by atoms with Gasteiger partial charge in [-0.15, -0.1) is 0 Å². The van der Waals surface area contributed by atoms with Crippen molar-refractivity contribution in [3.8, 4) is 0 Å². The van der Waals surface area contributed by atoms with E-state index in [4.69, 9.17) is 0 Å². The third-order valence-corrected chi connectivity index (χ3v) is 22.1.